The first kappa shape index (κ1) is 17.0. The lowest BCUT2D eigenvalue weighted by atomic mass is 9.86. The van der Waals surface area contributed by atoms with Gasteiger partial charge < -0.3 is 15.2 Å². The molecule has 0 spiro atoms. The van der Waals surface area contributed by atoms with Crippen molar-refractivity contribution in [2.45, 2.75) is 26.2 Å². The first-order chi connectivity index (χ1) is 11.9. The fraction of sp³-hybridized carbons (Fsp3) is 0.300. The van der Waals surface area contributed by atoms with E-state index in [1.165, 1.54) is 0 Å². The van der Waals surface area contributed by atoms with Crippen LogP contribution in [0.3, 0.4) is 0 Å². The van der Waals surface area contributed by atoms with Gasteiger partial charge in [0.2, 0.25) is 5.91 Å². The largest absolute Gasteiger partial charge is 0.481 e. The Bertz CT molecular complexity index is 767. The van der Waals surface area contributed by atoms with Gasteiger partial charge in [0.15, 0.2) is 0 Å². The second kappa shape index (κ2) is 6.59. The van der Waals surface area contributed by atoms with Crippen molar-refractivity contribution in [1.82, 2.24) is 5.32 Å². The van der Waals surface area contributed by atoms with E-state index in [1.807, 2.05) is 48.5 Å². The summed E-state index contributed by atoms with van der Waals surface area (Å²) in [5, 5.41) is 12.1. The minimum absolute atomic E-state index is 0.149. The Hall–Kier alpha value is -2.82. The van der Waals surface area contributed by atoms with Gasteiger partial charge in [0.05, 0.1) is 11.3 Å². The lowest BCUT2D eigenvalue weighted by Gasteiger charge is -2.28. The van der Waals surface area contributed by atoms with E-state index < -0.39 is 17.3 Å². The summed E-state index contributed by atoms with van der Waals surface area (Å²) < 4.78 is 5.89. The van der Waals surface area contributed by atoms with Gasteiger partial charge in [-0.15, -0.1) is 0 Å². The van der Waals surface area contributed by atoms with Gasteiger partial charge in [-0.05, 0) is 32.4 Å². The summed E-state index contributed by atoms with van der Waals surface area (Å²) in [6, 6.07) is 15.0. The van der Waals surface area contributed by atoms with Gasteiger partial charge >= 0.3 is 5.97 Å². The number of benzene rings is 2. The van der Waals surface area contributed by atoms with Crippen molar-refractivity contribution < 1.29 is 19.4 Å². The Kier molecular flexibility index (Phi) is 4.49. The molecule has 0 saturated heterocycles. The molecular formula is C20H21NO4. The van der Waals surface area contributed by atoms with Crippen molar-refractivity contribution in [1.29, 1.82) is 0 Å². The molecule has 0 saturated carbocycles. The standard InChI is InChI=1S/C20H21NO4/c1-20(2,19(23)24)11-12-21-18(22)17-13-7-3-5-9-15(13)25-16-10-6-4-8-14(16)17/h3-10,17H,11-12H2,1-2H3,(H,21,22)(H,23,24). The molecule has 5 nitrogen and oxygen atoms in total. The van der Waals surface area contributed by atoms with E-state index in [4.69, 9.17) is 4.74 Å². The fourth-order valence-electron chi connectivity index (χ4n) is 2.90. The van der Waals surface area contributed by atoms with E-state index in [1.54, 1.807) is 13.8 Å². The van der Waals surface area contributed by atoms with Crippen molar-refractivity contribution in [2.24, 2.45) is 5.41 Å². The maximum absolute atomic E-state index is 12.9. The Morgan fingerprint density at radius 1 is 1.04 bits per heavy atom. The average molecular weight is 339 g/mol. The molecule has 130 valence electrons. The van der Waals surface area contributed by atoms with Crippen LogP contribution in [0.2, 0.25) is 0 Å². The number of carbonyl (C=O) groups excluding carboxylic acids is 1. The molecule has 0 atom stereocenters. The highest BCUT2D eigenvalue weighted by molar-refractivity contribution is 5.89. The van der Waals surface area contributed by atoms with E-state index in [0.29, 0.717) is 24.5 Å². The van der Waals surface area contributed by atoms with E-state index in [9.17, 15) is 14.7 Å². The molecule has 3 rings (SSSR count). The van der Waals surface area contributed by atoms with Crippen molar-refractivity contribution in [3.8, 4) is 11.5 Å². The summed E-state index contributed by atoms with van der Waals surface area (Å²) in [6.07, 6.45) is 0.362. The van der Waals surface area contributed by atoms with Crippen LogP contribution >= 0.6 is 0 Å². The van der Waals surface area contributed by atoms with Gasteiger partial charge in [-0.3, -0.25) is 9.59 Å². The van der Waals surface area contributed by atoms with Crippen LogP contribution in [0, 0.1) is 5.41 Å². The van der Waals surface area contributed by atoms with Crippen LogP contribution in [-0.2, 0) is 9.59 Å². The quantitative estimate of drug-likeness (QED) is 0.873. The summed E-state index contributed by atoms with van der Waals surface area (Å²) in [5.41, 5.74) is 0.756. The average Bonchev–Trinajstić information content (AvgIpc) is 2.59. The number of carbonyl (C=O) groups is 2. The Morgan fingerprint density at radius 3 is 2.08 bits per heavy atom. The Balaban J connectivity index is 1.82. The Labute approximate surface area is 146 Å². The molecule has 0 unspecified atom stereocenters. The molecule has 0 bridgehead atoms. The molecule has 25 heavy (non-hydrogen) atoms. The number of rotatable bonds is 5. The van der Waals surface area contributed by atoms with E-state index in [0.717, 1.165) is 11.1 Å². The van der Waals surface area contributed by atoms with Crippen molar-refractivity contribution in [3.63, 3.8) is 0 Å². The topological polar surface area (TPSA) is 75.6 Å². The summed E-state index contributed by atoms with van der Waals surface area (Å²) in [4.78, 5) is 24.1. The number of hydrogen-bond donors (Lipinski definition) is 2. The van der Waals surface area contributed by atoms with E-state index in [-0.39, 0.29) is 5.91 Å². The third-order valence-electron chi connectivity index (χ3n) is 4.57. The number of carboxylic acids is 1. The van der Waals surface area contributed by atoms with Crippen molar-refractivity contribution >= 4 is 11.9 Å². The fourth-order valence-corrected chi connectivity index (χ4v) is 2.90. The number of nitrogens with one attached hydrogen (secondary N) is 1. The number of fused-ring (bicyclic) bond motifs is 2. The van der Waals surface area contributed by atoms with Gasteiger partial charge in [-0.1, -0.05) is 36.4 Å². The monoisotopic (exact) mass is 339 g/mol. The highest BCUT2D eigenvalue weighted by Crippen LogP contribution is 2.43. The molecule has 5 heteroatoms. The van der Waals surface area contributed by atoms with Crippen LogP contribution in [-0.4, -0.2) is 23.5 Å². The molecule has 0 aromatic heterocycles. The smallest absolute Gasteiger partial charge is 0.309 e. The normalized spacial score (nSPS) is 13.4. The molecule has 1 heterocycles. The molecule has 1 amide bonds. The highest BCUT2D eigenvalue weighted by Gasteiger charge is 2.33. The second-order valence-electron chi connectivity index (χ2n) is 6.84. The molecule has 2 aromatic carbocycles. The van der Waals surface area contributed by atoms with Gasteiger partial charge in [0, 0.05) is 17.7 Å². The first-order valence-electron chi connectivity index (χ1n) is 8.27. The molecule has 1 aliphatic rings. The minimum atomic E-state index is -0.876. The number of aliphatic carboxylic acids is 1. The number of hydrogen-bond acceptors (Lipinski definition) is 3. The summed E-state index contributed by atoms with van der Waals surface area (Å²) in [5.74, 6) is -0.138. The molecule has 0 radical (unpaired) electrons. The molecule has 2 N–H and O–H groups in total. The van der Waals surface area contributed by atoms with Crippen LogP contribution < -0.4 is 10.1 Å². The van der Waals surface area contributed by atoms with Crippen LogP contribution in [0.25, 0.3) is 0 Å². The van der Waals surface area contributed by atoms with E-state index in [2.05, 4.69) is 5.32 Å². The maximum Gasteiger partial charge on any atom is 0.309 e. The predicted octanol–water partition coefficient (Wildman–Crippen LogP) is 3.54. The highest BCUT2D eigenvalue weighted by atomic mass is 16.5. The third-order valence-corrected chi connectivity index (χ3v) is 4.57. The van der Waals surface area contributed by atoms with Crippen molar-refractivity contribution in [2.75, 3.05) is 6.54 Å². The number of carboxylic acid groups (broad SMARTS) is 1. The lowest BCUT2D eigenvalue weighted by Crippen LogP contribution is -2.35. The Morgan fingerprint density at radius 2 is 1.56 bits per heavy atom. The summed E-state index contributed by atoms with van der Waals surface area (Å²) in [7, 11) is 0. The zero-order valence-corrected chi connectivity index (χ0v) is 14.3. The number of ether oxygens (including phenoxy) is 1. The third kappa shape index (κ3) is 3.36. The SMILES string of the molecule is CC(C)(CCNC(=O)C1c2ccccc2Oc2ccccc21)C(=O)O. The minimum Gasteiger partial charge on any atom is -0.481 e. The van der Waals surface area contributed by atoms with Gasteiger partial charge in [0.1, 0.15) is 11.5 Å². The second-order valence-corrected chi connectivity index (χ2v) is 6.84. The zero-order valence-electron chi connectivity index (χ0n) is 14.3. The predicted molar refractivity (Wildman–Crippen MR) is 93.8 cm³/mol. The first-order valence-corrected chi connectivity index (χ1v) is 8.27. The van der Waals surface area contributed by atoms with Crippen molar-refractivity contribution in [3.05, 3.63) is 59.7 Å². The molecule has 0 aliphatic carbocycles. The molecule has 2 aromatic rings. The number of para-hydroxylation sites is 2. The van der Waals surface area contributed by atoms with Crippen LogP contribution in [0.4, 0.5) is 0 Å². The van der Waals surface area contributed by atoms with Crippen LogP contribution in [0.1, 0.15) is 37.3 Å². The number of amides is 1. The molecule has 0 fully saturated rings. The molecule has 1 aliphatic heterocycles. The summed E-state index contributed by atoms with van der Waals surface area (Å²) >= 11 is 0. The zero-order chi connectivity index (χ0) is 18.0. The van der Waals surface area contributed by atoms with Gasteiger partial charge in [0.25, 0.3) is 0 Å². The lowest BCUT2D eigenvalue weighted by molar-refractivity contribution is -0.147. The van der Waals surface area contributed by atoms with Crippen LogP contribution in [0.15, 0.2) is 48.5 Å². The van der Waals surface area contributed by atoms with Gasteiger partial charge in [-0.2, -0.15) is 0 Å². The van der Waals surface area contributed by atoms with Crippen LogP contribution in [0.5, 0.6) is 11.5 Å². The van der Waals surface area contributed by atoms with E-state index >= 15 is 0 Å². The van der Waals surface area contributed by atoms with Gasteiger partial charge in [-0.25, -0.2) is 0 Å². The summed E-state index contributed by atoms with van der Waals surface area (Å²) in [6.45, 7) is 3.61. The maximum atomic E-state index is 12.9. The molecular weight excluding hydrogens is 318 g/mol.